The summed E-state index contributed by atoms with van der Waals surface area (Å²) in [4.78, 5) is 7.12. The lowest BCUT2D eigenvalue weighted by molar-refractivity contribution is -0.137. The fraction of sp³-hybridized carbons (Fsp3) is 0.545. The van der Waals surface area contributed by atoms with Gasteiger partial charge >= 0.3 is 6.18 Å². The second-order valence-electron chi connectivity index (χ2n) is 8.56. The van der Waals surface area contributed by atoms with Crippen LogP contribution in [0.5, 0.6) is 0 Å². The predicted octanol–water partition coefficient (Wildman–Crippen LogP) is 4.28. The number of piperazine rings is 1. The first kappa shape index (κ1) is 22.3. The largest absolute Gasteiger partial charge is 0.416 e. The Kier molecular flexibility index (Phi) is 6.69. The maximum atomic E-state index is 13.1. The molecule has 0 spiro atoms. The van der Waals surface area contributed by atoms with Crippen LogP contribution in [0.3, 0.4) is 0 Å². The average Bonchev–Trinajstić information content (AvgIpc) is 2.73. The second kappa shape index (κ2) is 9.30. The normalized spacial score (nSPS) is 21.5. The minimum absolute atomic E-state index is 0.0241. The molecule has 1 aromatic heterocycles. The van der Waals surface area contributed by atoms with E-state index in [2.05, 4.69) is 31.9 Å². The molecule has 3 heterocycles. The van der Waals surface area contributed by atoms with Crippen molar-refractivity contribution < 1.29 is 13.2 Å². The first-order chi connectivity index (χ1) is 14.8. The highest BCUT2D eigenvalue weighted by molar-refractivity contribution is 6.31. The van der Waals surface area contributed by atoms with E-state index in [0.717, 1.165) is 56.6 Å². The number of alkyl halides is 3. The molecule has 2 aliphatic heterocycles. The van der Waals surface area contributed by atoms with E-state index in [-0.39, 0.29) is 5.02 Å². The number of piperidine rings is 1. The third-order valence-corrected chi connectivity index (χ3v) is 6.32. The van der Waals surface area contributed by atoms with Crippen LogP contribution in [0.4, 0.5) is 19.0 Å². The van der Waals surface area contributed by atoms with Crippen molar-refractivity contribution in [3.05, 3.63) is 40.9 Å². The molecule has 2 fully saturated rings. The Hall–Kier alpha value is -1.90. The lowest BCUT2D eigenvalue weighted by Crippen LogP contribution is -2.49. The first-order valence-electron chi connectivity index (χ1n) is 10.7. The van der Waals surface area contributed by atoms with E-state index in [9.17, 15) is 13.2 Å². The van der Waals surface area contributed by atoms with Gasteiger partial charge in [0.1, 0.15) is 0 Å². The fourth-order valence-electron chi connectivity index (χ4n) is 4.50. The molecule has 168 valence electrons. The van der Waals surface area contributed by atoms with Gasteiger partial charge in [-0.25, -0.2) is 0 Å². The lowest BCUT2D eigenvalue weighted by Gasteiger charge is -2.38. The molecule has 1 unspecified atom stereocenters. The van der Waals surface area contributed by atoms with E-state index >= 15 is 0 Å². The Balaban J connectivity index is 1.37. The number of anilines is 1. The summed E-state index contributed by atoms with van der Waals surface area (Å²) >= 11 is 5.89. The Bertz CT molecular complexity index is 882. The van der Waals surface area contributed by atoms with Gasteiger partial charge in [-0.15, -0.1) is 10.2 Å². The van der Waals surface area contributed by atoms with Crippen molar-refractivity contribution in [1.29, 1.82) is 0 Å². The summed E-state index contributed by atoms with van der Waals surface area (Å²) in [5.74, 6) is 1.49. The van der Waals surface area contributed by atoms with E-state index in [1.54, 1.807) is 6.07 Å². The average molecular weight is 454 g/mol. The summed E-state index contributed by atoms with van der Waals surface area (Å²) in [6.45, 7) is 7.20. The van der Waals surface area contributed by atoms with Crippen molar-refractivity contribution in [2.45, 2.75) is 19.0 Å². The molecular weight excluding hydrogens is 427 g/mol. The van der Waals surface area contributed by atoms with Gasteiger partial charge in [-0.3, -0.25) is 4.90 Å². The predicted molar refractivity (Wildman–Crippen MR) is 116 cm³/mol. The molecular formula is C22H27ClF3N5. The van der Waals surface area contributed by atoms with Crippen LogP contribution in [0.25, 0.3) is 11.3 Å². The molecule has 0 amide bonds. The van der Waals surface area contributed by atoms with Crippen molar-refractivity contribution in [2.75, 3.05) is 57.8 Å². The molecule has 1 aromatic carbocycles. The summed E-state index contributed by atoms with van der Waals surface area (Å²) < 4.78 is 39.2. The highest BCUT2D eigenvalue weighted by atomic mass is 35.5. The van der Waals surface area contributed by atoms with Crippen LogP contribution in [0, 0.1) is 5.92 Å². The van der Waals surface area contributed by atoms with Crippen LogP contribution >= 0.6 is 11.6 Å². The maximum absolute atomic E-state index is 13.1. The van der Waals surface area contributed by atoms with Gasteiger partial charge in [0.25, 0.3) is 0 Å². The van der Waals surface area contributed by atoms with Crippen LogP contribution in [-0.2, 0) is 6.18 Å². The van der Waals surface area contributed by atoms with Gasteiger partial charge in [0.15, 0.2) is 5.82 Å². The lowest BCUT2D eigenvalue weighted by atomic mass is 9.97. The Labute approximate surface area is 185 Å². The van der Waals surface area contributed by atoms with Gasteiger partial charge in [0.2, 0.25) is 0 Å². The summed E-state index contributed by atoms with van der Waals surface area (Å²) in [5.41, 5.74) is -0.112. The monoisotopic (exact) mass is 453 g/mol. The maximum Gasteiger partial charge on any atom is 0.416 e. The highest BCUT2D eigenvalue weighted by Crippen LogP contribution is 2.34. The zero-order valence-electron chi connectivity index (χ0n) is 17.6. The van der Waals surface area contributed by atoms with Crippen LogP contribution in [-0.4, -0.2) is 72.9 Å². The van der Waals surface area contributed by atoms with Crippen molar-refractivity contribution in [2.24, 2.45) is 5.92 Å². The fourth-order valence-corrected chi connectivity index (χ4v) is 4.73. The number of hydrogen-bond donors (Lipinski definition) is 0. The van der Waals surface area contributed by atoms with Gasteiger partial charge < -0.3 is 9.80 Å². The first-order valence-corrected chi connectivity index (χ1v) is 11.0. The zero-order chi connectivity index (χ0) is 22.0. The summed E-state index contributed by atoms with van der Waals surface area (Å²) in [6, 6.07) is 6.97. The van der Waals surface area contributed by atoms with E-state index in [4.69, 9.17) is 11.6 Å². The second-order valence-corrected chi connectivity index (χ2v) is 9.00. The van der Waals surface area contributed by atoms with Gasteiger partial charge in [0.05, 0.1) is 11.3 Å². The van der Waals surface area contributed by atoms with E-state index < -0.39 is 11.7 Å². The van der Waals surface area contributed by atoms with Crippen LogP contribution in [0.2, 0.25) is 5.02 Å². The Morgan fingerprint density at radius 1 is 1.03 bits per heavy atom. The molecule has 2 saturated heterocycles. The van der Waals surface area contributed by atoms with Crippen molar-refractivity contribution in [3.63, 3.8) is 0 Å². The zero-order valence-corrected chi connectivity index (χ0v) is 18.3. The molecule has 2 aromatic rings. The number of benzene rings is 1. The SMILES string of the molecule is CN1CCCC(CN2CCN(c3ccc(-c4cc(Cl)cc(C(F)(F)F)c4)nn3)CC2)C1. The highest BCUT2D eigenvalue weighted by Gasteiger charge is 2.31. The molecule has 0 saturated carbocycles. The molecule has 0 radical (unpaired) electrons. The minimum Gasteiger partial charge on any atom is -0.353 e. The van der Waals surface area contributed by atoms with E-state index in [1.165, 1.54) is 32.0 Å². The Morgan fingerprint density at radius 3 is 2.45 bits per heavy atom. The van der Waals surface area contributed by atoms with Gasteiger partial charge in [-0.2, -0.15) is 13.2 Å². The molecule has 1 atom stereocenters. The number of aromatic nitrogens is 2. The van der Waals surface area contributed by atoms with E-state index in [1.807, 2.05) is 6.07 Å². The third-order valence-electron chi connectivity index (χ3n) is 6.11. The molecule has 9 heteroatoms. The van der Waals surface area contributed by atoms with Gasteiger partial charge in [-0.1, -0.05) is 11.6 Å². The van der Waals surface area contributed by atoms with Crippen LogP contribution < -0.4 is 4.90 Å². The molecule has 4 rings (SSSR count). The van der Waals surface area contributed by atoms with Crippen LogP contribution in [0.1, 0.15) is 18.4 Å². The summed E-state index contributed by atoms with van der Waals surface area (Å²) in [5, 5.41) is 8.47. The van der Waals surface area contributed by atoms with E-state index in [0.29, 0.717) is 11.3 Å². The standard InChI is InChI=1S/C22H27ClF3N5/c1-29-6-2-3-16(14-29)15-30-7-9-31(10-8-30)21-5-4-20(27-28-21)17-11-18(22(24,25)26)13-19(23)12-17/h4-5,11-13,16H,2-3,6-10,14-15H2,1H3. The summed E-state index contributed by atoms with van der Waals surface area (Å²) in [6.07, 6.45) is -1.88. The number of likely N-dealkylation sites (tertiary alicyclic amines) is 1. The molecule has 31 heavy (non-hydrogen) atoms. The number of nitrogens with zero attached hydrogens (tertiary/aromatic N) is 5. The van der Waals surface area contributed by atoms with Crippen molar-refractivity contribution in [1.82, 2.24) is 20.0 Å². The molecule has 2 aliphatic rings. The van der Waals surface area contributed by atoms with Crippen LogP contribution in [0.15, 0.2) is 30.3 Å². The topological polar surface area (TPSA) is 35.5 Å². The summed E-state index contributed by atoms with van der Waals surface area (Å²) in [7, 11) is 2.19. The molecule has 5 nitrogen and oxygen atoms in total. The van der Waals surface area contributed by atoms with Crippen molar-refractivity contribution >= 4 is 17.4 Å². The Morgan fingerprint density at radius 2 is 1.81 bits per heavy atom. The molecule has 0 N–H and O–H groups in total. The third kappa shape index (κ3) is 5.67. The molecule has 0 aliphatic carbocycles. The van der Waals surface area contributed by atoms with Gasteiger partial charge in [-0.05, 0) is 62.7 Å². The quantitative estimate of drug-likeness (QED) is 0.690. The number of hydrogen-bond acceptors (Lipinski definition) is 5. The number of rotatable bonds is 4. The number of halogens is 4. The minimum atomic E-state index is -4.46. The van der Waals surface area contributed by atoms with Crippen molar-refractivity contribution in [3.8, 4) is 11.3 Å². The smallest absolute Gasteiger partial charge is 0.353 e. The van der Waals surface area contributed by atoms with Gasteiger partial charge in [0, 0.05) is 49.9 Å². The molecule has 0 bridgehead atoms.